The van der Waals surface area contributed by atoms with Gasteiger partial charge in [-0.3, -0.25) is 9.69 Å². The quantitative estimate of drug-likeness (QED) is 0.456. The Hall–Kier alpha value is -1.80. The minimum atomic E-state index is -4.53. The average molecular weight is 431 g/mol. The number of unbranched alkanes of at least 4 members (excludes halogenated alkanes) is 5. The third-order valence-corrected chi connectivity index (χ3v) is 5.24. The van der Waals surface area contributed by atoms with Gasteiger partial charge in [0.15, 0.2) is 0 Å². The van der Waals surface area contributed by atoms with Crippen LogP contribution in [-0.2, 0) is 15.7 Å². The van der Waals surface area contributed by atoms with Gasteiger partial charge in [-0.25, -0.2) is 0 Å². The van der Waals surface area contributed by atoms with E-state index in [9.17, 15) is 18.0 Å². The number of alkyl halides is 3. The topological polar surface area (TPSA) is 59.0 Å². The van der Waals surface area contributed by atoms with Gasteiger partial charge in [0, 0.05) is 19.6 Å². The molecule has 1 saturated heterocycles. The lowest BCUT2D eigenvalue weighted by molar-refractivity contribution is -0.140. The summed E-state index contributed by atoms with van der Waals surface area (Å²) in [6, 6.07) is 4.03. The summed E-state index contributed by atoms with van der Waals surface area (Å²) in [6.07, 6.45) is 1.15. The molecule has 1 fully saturated rings. The summed E-state index contributed by atoms with van der Waals surface area (Å²) in [7, 11) is 0. The first-order chi connectivity index (χ1) is 14.3. The molecule has 0 saturated carbocycles. The molecule has 8 heteroatoms. The number of benzene rings is 1. The third-order valence-electron chi connectivity index (χ3n) is 5.24. The van der Waals surface area contributed by atoms with Crippen LogP contribution in [0.4, 0.5) is 13.2 Å². The Morgan fingerprint density at radius 2 is 1.97 bits per heavy atom. The molecule has 0 aliphatic carbocycles. The lowest BCUT2D eigenvalue weighted by atomic mass is 10.00. The first-order valence-electron chi connectivity index (χ1n) is 10.7. The molecule has 0 spiro atoms. The zero-order chi connectivity index (χ0) is 22.0. The van der Waals surface area contributed by atoms with Crippen LogP contribution in [0, 0.1) is 0 Å². The molecule has 1 N–H and O–H groups in total. The second kappa shape index (κ2) is 12.2. The SMILES string of the molecule is CCCCCCCCOc1ccc(C2CN(CCC(=O)O)CCO2)c(C(F)(F)F)c1. The molecule has 170 valence electrons. The highest BCUT2D eigenvalue weighted by Crippen LogP contribution is 2.38. The van der Waals surface area contributed by atoms with E-state index in [0.29, 0.717) is 13.2 Å². The van der Waals surface area contributed by atoms with Crippen LogP contribution in [0.2, 0.25) is 0 Å². The standard InChI is InChI=1S/C22H32F3NO4/c1-2-3-4-5-6-7-13-29-17-8-9-18(19(15-17)22(23,24)25)20-16-26(12-14-30-20)11-10-21(27)28/h8-9,15,20H,2-7,10-14,16H2,1H3,(H,27,28). The second-order valence-corrected chi connectivity index (χ2v) is 7.67. The van der Waals surface area contributed by atoms with Crippen molar-refractivity contribution >= 4 is 5.97 Å². The lowest BCUT2D eigenvalue weighted by Crippen LogP contribution is -2.40. The number of halogens is 3. The Balaban J connectivity index is 1.99. The number of hydrogen-bond donors (Lipinski definition) is 1. The molecule has 1 aromatic rings. The molecule has 1 atom stereocenters. The lowest BCUT2D eigenvalue weighted by Gasteiger charge is -2.34. The minimum Gasteiger partial charge on any atom is -0.494 e. The highest BCUT2D eigenvalue weighted by Gasteiger charge is 2.37. The van der Waals surface area contributed by atoms with Crippen LogP contribution in [0.25, 0.3) is 0 Å². The Kier molecular flexibility index (Phi) is 9.91. The van der Waals surface area contributed by atoms with Gasteiger partial charge in [0.1, 0.15) is 5.75 Å². The summed E-state index contributed by atoms with van der Waals surface area (Å²) in [6.45, 7) is 3.83. The fourth-order valence-corrected chi connectivity index (χ4v) is 3.57. The van der Waals surface area contributed by atoms with Gasteiger partial charge in [-0.15, -0.1) is 0 Å². The predicted molar refractivity (Wildman–Crippen MR) is 108 cm³/mol. The van der Waals surface area contributed by atoms with Gasteiger partial charge in [-0.2, -0.15) is 13.2 Å². The number of morpholine rings is 1. The molecule has 5 nitrogen and oxygen atoms in total. The van der Waals surface area contributed by atoms with Crippen molar-refractivity contribution in [1.29, 1.82) is 0 Å². The Labute approximate surface area is 176 Å². The van der Waals surface area contributed by atoms with Gasteiger partial charge in [0.2, 0.25) is 0 Å². The van der Waals surface area contributed by atoms with Crippen molar-refractivity contribution in [3.63, 3.8) is 0 Å². The summed E-state index contributed by atoms with van der Waals surface area (Å²) >= 11 is 0. The fraction of sp³-hybridized carbons (Fsp3) is 0.682. The van der Waals surface area contributed by atoms with E-state index in [1.165, 1.54) is 25.3 Å². The van der Waals surface area contributed by atoms with Crippen LogP contribution in [-0.4, -0.2) is 48.8 Å². The molecule has 1 aliphatic heterocycles. The van der Waals surface area contributed by atoms with Crippen molar-refractivity contribution in [2.24, 2.45) is 0 Å². The number of rotatable bonds is 12. The van der Waals surface area contributed by atoms with E-state index in [4.69, 9.17) is 14.6 Å². The molecule has 0 amide bonds. The largest absolute Gasteiger partial charge is 0.494 e. The number of carboxylic acid groups (broad SMARTS) is 1. The maximum absolute atomic E-state index is 13.7. The average Bonchev–Trinajstić information content (AvgIpc) is 2.71. The van der Waals surface area contributed by atoms with Crippen molar-refractivity contribution < 1.29 is 32.5 Å². The molecule has 0 radical (unpaired) electrons. The van der Waals surface area contributed by atoms with Crippen LogP contribution in [0.3, 0.4) is 0 Å². The van der Waals surface area contributed by atoms with E-state index in [1.807, 2.05) is 4.90 Å². The van der Waals surface area contributed by atoms with Crippen molar-refractivity contribution in [3.05, 3.63) is 29.3 Å². The second-order valence-electron chi connectivity index (χ2n) is 7.67. The Morgan fingerprint density at radius 3 is 2.67 bits per heavy atom. The monoisotopic (exact) mass is 431 g/mol. The van der Waals surface area contributed by atoms with E-state index in [1.54, 1.807) is 6.07 Å². The van der Waals surface area contributed by atoms with Crippen LogP contribution >= 0.6 is 0 Å². The number of carboxylic acids is 1. The number of nitrogens with zero attached hydrogens (tertiary/aromatic N) is 1. The zero-order valence-corrected chi connectivity index (χ0v) is 17.5. The van der Waals surface area contributed by atoms with Gasteiger partial charge in [-0.05, 0) is 24.1 Å². The van der Waals surface area contributed by atoms with Gasteiger partial charge >= 0.3 is 12.1 Å². The molecule has 1 aromatic carbocycles. The smallest absolute Gasteiger partial charge is 0.416 e. The number of carbonyl (C=O) groups is 1. The van der Waals surface area contributed by atoms with E-state index in [-0.39, 0.29) is 37.4 Å². The zero-order valence-electron chi connectivity index (χ0n) is 17.5. The van der Waals surface area contributed by atoms with Crippen molar-refractivity contribution in [3.8, 4) is 5.75 Å². The molecule has 1 aliphatic rings. The van der Waals surface area contributed by atoms with Crippen LogP contribution in [0.15, 0.2) is 18.2 Å². The maximum Gasteiger partial charge on any atom is 0.416 e. The van der Waals surface area contributed by atoms with E-state index < -0.39 is 23.8 Å². The summed E-state index contributed by atoms with van der Waals surface area (Å²) in [5, 5.41) is 8.83. The molecule has 2 rings (SSSR count). The van der Waals surface area contributed by atoms with Crippen molar-refractivity contribution in [2.45, 2.75) is 64.1 Å². The van der Waals surface area contributed by atoms with E-state index in [2.05, 4.69) is 6.92 Å². The molecular formula is C22H32F3NO4. The Morgan fingerprint density at radius 1 is 1.23 bits per heavy atom. The van der Waals surface area contributed by atoms with Crippen molar-refractivity contribution in [2.75, 3.05) is 32.8 Å². The third kappa shape index (κ3) is 8.14. The molecule has 0 bridgehead atoms. The first kappa shape index (κ1) is 24.5. The highest BCUT2D eigenvalue weighted by atomic mass is 19.4. The summed E-state index contributed by atoms with van der Waals surface area (Å²) in [5.74, 6) is -0.723. The van der Waals surface area contributed by atoms with Gasteiger partial charge < -0.3 is 14.6 Å². The maximum atomic E-state index is 13.7. The summed E-state index contributed by atoms with van der Waals surface area (Å²) in [5.41, 5.74) is -0.692. The highest BCUT2D eigenvalue weighted by molar-refractivity contribution is 5.66. The van der Waals surface area contributed by atoms with E-state index in [0.717, 1.165) is 25.3 Å². The minimum absolute atomic E-state index is 0.0515. The normalized spacial score (nSPS) is 17.8. The van der Waals surface area contributed by atoms with E-state index >= 15 is 0 Å². The number of ether oxygens (including phenoxy) is 2. The first-order valence-corrected chi connectivity index (χ1v) is 10.7. The van der Waals surface area contributed by atoms with Crippen LogP contribution < -0.4 is 4.74 Å². The molecule has 30 heavy (non-hydrogen) atoms. The fourth-order valence-electron chi connectivity index (χ4n) is 3.57. The molecular weight excluding hydrogens is 399 g/mol. The molecule has 1 heterocycles. The van der Waals surface area contributed by atoms with Crippen molar-refractivity contribution in [1.82, 2.24) is 4.90 Å². The summed E-state index contributed by atoms with van der Waals surface area (Å²) < 4.78 is 52.2. The summed E-state index contributed by atoms with van der Waals surface area (Å²) in [4.78, 5) is 12.6. The molecule has 1 unspecified atom stereocenters. The van der Waals surface area contributed by atoms with Gasteiger partial charge in [0.25, 0.3) is 0 Å². The van der Waals surface area contributed by atoms with Crippen LogP contribution in [0.5, 0.6) is 5.75 Å². The number of aliphatic carboxylic acids is 1. The Bertz CT molecular complexity index is 666. The predicted octanol–water partition coefficient (Wildman–Crippen LogP) is 5.29. The number of hydrogen-bond acceptors (Lipinski definition) is 4. The van der Waals surface area contributed by atoms with Gasteiger partial charge in [-0.1, -0.05) is 45.1 Å². The van der Waals surface area contributed by atoms with Crippen LogP contribution in [0.1, 0.15) is 69.1 Å². The van der Waals surface area contributed by atoms with Gasteiger partial charge in [0.05, 0.1) is 31.3 Å². The molecule has 0 aromatic heterocycles.